The van der Waals surface area contributed by atoms with E-state index in [4.69, 9.17) is 0 Å². The fourth-order valence-electron chi connectivity index (χ4n) is 5.22. The number of amides is 1. The number of piperidine rings is 1. The molecule has 0 saturated carbocycles. The first-order valence-corrected chi connectivity index (χ1v) is 13.3. The molecule has 8 nitrogen and oxygen atoms in total. The second-order valence-electron chi connectivity index (χ2n) is 9.52. The van der Waals surface area contributed by atoms with Gasteiger partial charge in [0.05, 0.1) is 4.90 Å². The van der Waals surface area contributed by atoms with E-state index < -0.39 is 10.0 Å². The van der Waals surface area contributed by atoms with Crippen molar-refractivity contribution in [3.8, 4) is 0 Å². The fraction of sp³-hybridized carbons (Fsp3) is 0.308. The van der Waals surface area contributed by atoms with Gasteiger partial charge in [-0.1, -0.05) is 12.1 Å². The highest BCUT2D eigenvalue weighted by Crippen LogP contribution is 2.36. The summed E-state index contributed by atoms with van der Waals surface area (Å²) in [6.45, 7) is 4.20. The summed E-state index contributed by atoms with van der Waals surface area (Å²) in [5.41, 5.74) is 2.09. The molecular weight excluding hydrogens is 483 g/mol. The molecule has 10 heteroatoms. The Morgan fingerprint density at radius 3 is 2.42 bits per heavy atom. The molecule has 3 aromatic rings. The highest BCUT2D eigenvalue weighted by atomic mass is 32.2. The molecular formula is C26H27FN4O4S. The first-order chi connectivity index (χ1) is 17.2. The molecule has 3 heterocycles. The second kappa shape index (κ2) is 9.51. The molecule has 188 valence electrons. The number of fused-ring (bicyclic) bond motifs is 4. The van der Waals surface area contributed by atoms with E-state index in [1.165, 1.54) is 49.4 Å². The van der Waals surface area contributed by atoms with Crippen molar-refractivity contribution in [3.05, 3.63) is 88.1 Å². The quantitative estimate of drug-likeness (QED) is 0.530. The monoisotopic (exact) mass is 510 g/mol. The summed E-state index contributed by atoms with van der Waals surface area (Å²) in [6, 6.07) is 15.6. The minimum absolute atomic E-state index is 0.00725. The SMILES string of the molecule is CC(=O)Nc1ccc(S(=O)(=O)Nc2ccc3n(c2=O)C[C@H]2C[C@@H]3CN(Cc3ccc(F)cc3)C2)cc1. The van der Waals surface area contributed by atoms with Crippen molar-refractivity contribution in [2.45, 2.75) is 37.2 Å². The molecule has 2 N–H and O–H groups in total. The minimum atomic E-state index is -3.98. The molecule has 1 aromatic heterocycles. The van der Waals surface area contributed by atoms with Gasteiger partial charge in [-0.2, -0.15) is 0 Å². The van der Waals surface area contributed by atoms with Crippen molar-refractivity contribution in [3.63, 3.8) is 0 Å². The molecule has 2 aliphatic rings. The molecule has 0 unspecified atom stereocenters. The smallest absolute Gasteiger partial charge is 0.275 e. The van der Waals surface area contributed by atoms with Gasteiger partial charge >= 0.3 is 0 Å². The standard InChI is InChI=1S/C26H27FN4O4S/c1-17(32)28-22-6-8-23(9-7-22)36(34,35)29-24-10-11-25-20-12-19(15-31(25)26(24)33)14-30(16-20)13-18-2-4-21(27)5-3-18/h2-11,19-20,29H,12-16H2,1H3,(H,28,32)/t19-,20+/m0/s1. The van der Waals surface area contributed by atoms with Crippen molar-refractivity contribution in [2.75, 3.05) is 23.1 Å². The van der Waals surface area contributed by atoms with Gasteiger partial charge in [-0.25, -0.2) is 12.8 Å². The number of anilines is 2. The number of aromatic nitrogens is 1. The summed E-state index contributed by atoms with van der Waals surface area (Å²) in [4.78, 5) is 26.8. The largest absolute Gasteiger partial charge is 0.326 e. The van der Waals surface area contributed by atoms with E-state index in [1.54, 1.807) is 16.7 Å². The Hall–Kier alpha value is -3.50. The van der Waals surface area contributed by atoms with Crippen LogP contribution in [0.25, 0.3) is 0 Å². The zero-order valence-electron chi connectivity index (χ0n) is 19.8. The lowest BCUT2D eigenvalue weighted by Crippen LogP contribution is -2.47. The number of nitrogens with one attached hydrogen (secondary N) is 2. The van der Waals surface area contributed by atoms with E-state index in [-0.39, 0.29) is 39.7 Å². The maximum absolute atomic E-state index is 13.3. The summed E-state index contributed by atoms with van der Waals surface area (Å²) in [5.74, 6) is -0.0784. The van der Waals surface area contributed by atoms with Crippen molar-refractivity contribution in [2.24, 2.45) is 5.92 Å². The predicted molar refractivity (Wildman–Crippen MR) is 135 cm³/mol. The number of carbonyl (C=O) groups excluding carboxylic acids is 1. The van der Waals surface area contributed by atoms with E-state index in [0.717, 1.165) is 37.3 Å². The number of likely N-dealkylation sites (tertiary alicyclic amines) is 1. The van der Waals surface area contributed by atoms with E-state index in [1.807, 2.05) is 6.07 Å². The van der Waals surface area contributed by atoms with Crippen LogP contribution >= 0.6 is 0 Å². The Bertz CT molecular complexity index is 1450. The molecule has 0 spiro atoms. The topological polar surface area (TPSA) is 101 Å². The summed E-state index contributed by atoms with van der Waals surface area (Å²) >= 11 is 0. The van der Waals surface area contributed by atoms with E-state index >= 15 is 0 Å². The van der Waals surface area contributed by atoms with Crippen LogP contribution in [0.1, 0.15) is 30.5 Å². The third kappa shape index (κ3) is 5.05. The molecule has 1 fully saturated rings. The zero-order chi connectivity index (χ0) is 25.4. The van der Waals surface area contributed by atoms with Gasteiger partial charge in [0.1, 0.15) is 11.5 Å². The van der Waals surface area contributed by atoms with Gasteiger partial charge in [-0.05, 0) is 66.4 Å². The number of halogens is 1. The number of benzene rings is 2. The van der Waals surface area contributed by atoms with Crippen LogP contribution in [0.2, 0.25) is 0 Å². The van der Waals surface area contributed by atoms with Crippen LogP contribution in [0.5, 0.6) is 0 Å². The Morgan fingerprint density at radius 2 is 1.72 bits per heavy atom. The molecule has 2 aromatic carbocycles. The van der Waals surface area contributed by atoms with Gasteiger partial charge in [0.2, 0.25) is 5.91 Å². The second-order valence-corrected chi connectivity index (χ2v) is 11.2. The van der Waals surface area contributed by atoms with Crippen LogP contribution < -0.4 is 15.6 Å². The number of carbonyl (C=O) groups is 1. The first-order valence-electron chi connectivity index (χ1n) is 11.8. The number of sulfonamides is 1. The maximum Gasteiger partial charge on any atom is 0.275 e. The van der Waals surface area contributed by atoms with Crippen molar-refractivity contribution < 1.29 is 17.6 Å². The van der Waals surface area contributed by atoms with Crippen LogP contribution in [0, 0.1) is 11.7 Å². The molecule has 2 bridgehead atoms. The van der Waals surface area contributed by atoms with E-state index in [9.17, 15) is 22.4 Å². The highest BCUT2D eigenvalue weighted by Gasteiger charge is 2.35. The molecule has 2 atom stereocenters. The van der Waals surface area contributed by atoms with Gasteiger partial charge in [0, 0.05) is 50.4 Å². The lowest BCUT2D eigenvalue weighted by atomic mass is 9.83. The highest BCUT2D eigenvalue weighted by molar-refractivity contribution is 7.92. The predicted octanol–water partition coefficient (Wildman–Crippen LogP) is 3.37. The third-order valence-corrected chi connectivity index (χ3v) is 8.11. The van der Waals surface area contributed by atoms with Gasteiger partial charge in [-0.3, -0.25) is 19.2 Å². The number of hydrogen-bond donors (Lipinski definition) is 2. The van der Waals surface area contributed by atoms with Crippen molar-refractivity contribution >= 4 is 27.3 Å². The number of nitrogens with zero attached hydrogens (tertiary/aromatic N) is 2. The Kier molecular flexibility index (Phi) is 6.40. The first kappa shape index (κ1) is 24.2. The van der Waals surface area contributed by atoms with Gasteiger partial charge in [-0.15, -0.1) is 0 Å². The molecule has 2 aliphatic heterocycles. The maximum atomic E-state index is 13.3. The normalized spacial score (nSPS) is 19.4. The van der Waals surface area contributed by atoms with Gasteiger partial charge in [0.15, 0.2) is 0 Å². The minimum Gasteiger partial charge on any atom is -0.326 e. The average Bonchev–Trinajstić information content (AvgIpc) is 2.82. The van der Waals surface area contributed by atoms with Crippen LogP contribution in [0.4, 0.5) is 15.8 Å². The van der Waals surface area contributed by atoms with Crippen molar-refractivity contribution in [1.29, 1.82) is 0 Å². The van der Waals surface area contributed by atoms with Crippen molar-refractivity contribution in [1.82, 2.24) is 9.47 Å². The summed E-state index contributed by atoms with van der Waals surface area (Å²) < 4.78 is 43.2. The molecule has 0 radical (unpaired) electrons. The molecule has 5 rings (SSSR count). The lowest BCUT2D eigenvalue weighted by molar-refractivity contribution is -0.114. The third-order valence-electron chi connectivity index (χ3n) is 6.73. The number of hydrogen-bond acceptors (Lipinski definition) is 5. The molecule has 1 saturated heterocycles. The average molecular weight is 511 g/mol. The summed E-state index contributed by atoms with van der Waals surface area (Å²) in [7, 11) is -3.98. The molecule has 1 amide bonds. The molecule has 36 heavy (non-hydrogen) atoms. The molecule has 0 aliphatic carbocycles. The van der Waals surface area contributed by atoms with Crippen LogP contribution in [0.15, 0.2) is 70.4 Å². The zero-order valence-corrected chi connectivity index (χ0v) is 20.6. The lowest BCUT2D eigenvalue weighted by Gasteiger charge is -2.43. The van der Waals surface area contributed by atoms with E-state index in [2.05, 4.69) is 14.9 Å². The number of rotatable bonds is 6. The van der Waals surface area contributed by atoms with E-state index in [0.29, 0.717) is 12.2 Å². The van der Waals surface area contributed by atoms with Crippen LogP contribution in [0.3, 0.4) is 0 Å². The Labute approximate surface area is 208 Å². The number of pyridine rings is 1. The van der Waals surface area contributed by atoms with Gasteiger partial charge < -0.3 is 9.88 Å². The van der Waals surface area contributed by atoms with Crippen LogP contribution in [-0.4, -0.2) is 36.9 Å². The fourth-order valence-corrected chi connectivity index (χ4v) is 6.28. The summed E-state index contributed by atoms with van der Waals surface area (Å²) in [6.07, 6.45) is 0.977. The van der Waals surface area contributed by atoms with Crippen LogP contribution in [-0.2, 0) is 27.9 Å². The summed E-state index contributed by atoms with van der Waals surface area (Å²) in [5, 5.41) is 2.59. The van der Waals surface area contributed by atoms with Gasteiger partial charge in [0.25, 0.3) is 15.6 Å². The Morgan fingerprint density at radius 1 is 1.00 bits per heavy atom. The Balaban J connectivity index is 1.33.